The summed E-state index contributed by atoms with van der Waals surface area (Å²) in [6, 6.07) is 0.122. The summed E-state index contributed by atoms with van der Waals surface area (Å²) < 4.78 is 5.20. The number of rotatable bonds is 7. The Labute approximate surface area is 108 Å². The molecule has 1 aliphatic heterocycles. The minimum atomic E-state index is -0.985. The molecular formula is C13H23NO4. The van der Waals surface area contributed by atoms with E-state index in [4.69, 9.17) is 9.84 Å². The quantitative estimate of drug-likeness (QED) is 0.681. The molecule has 104 valence electrons. The van der Waals surface area contributed by atoms with Crippen LogP contribution >= 0.6 is 0 Å². The number of hydrogen-bond donors (Lipinski definition) is 2. The third-order valence-electron chi connectivity index (χ3n) is 3.22. The van der Waals surface area contributed by atoms with Gasteiger partial charge in [0.15, 0.2) is 6.10 Å². The van der Waals surface area contributed by atoms with Crippen molar-refractivity contribution < 1.29 is 19.4 Å². The number of ether oxygens (including phenoxy) is 1. The summed E-state index contributed by atoms with van der Waals surface area (Å²) in [7, 11) is 0. The van der Waals surface area contributed by atoms with Crippen molar-refractivity contribution in [1.82, 2.24) is 5.32 Å². The van der Waals surface area contributed by atoms with E-state index in [0.29, 0.717) is 12.8 Å². The molecule has 0 spiro atoms. The molecule has 0 aliphatic carbocycles. The zero-order valence-corrected chi connectivity index (χ0v) is 11.1. The van der Waals surface area contributed by atoms with Crippen LogP contribution in [-0.4, -0.2) is 35.2 Å². The highest BCUT2D eigenvalue weighted by Gasteiger charge is 2.34. The van der Waals surface area contributed by atoms with E-state index in [2.05, 4.69) is 12.2 Å². The number of amides is 1. The Morgan fingerprint density at radius 1 is 1.33 bits per heavy atom. The van der Waals surface area contributed by atoms with Gasteiger partial charge in [0.25, 0.3) is 0 Å². The van der Waals surface area contributed by atoms with Crippen LogP contribution in [0.2, 0.25) is 0 Å². The summed E-state index contributed by atoms with van der Waals surface area (Å²) in [5.74, 6) is -1.16. The van der Waals surface area contributed by atoms with Crippen molar-refractivity contribution in [3.05, 3.63) is 0 Å². The molecule has 1 fully saturated rings. The molecule has 1 amide bonds. The summed E-state index contributed by atoms with van der Waals surface area (Å²) in [6.45, 7) is 4.11. The maximum absolute atomic E-state index is 11.8. The van der Waals surface area contributed by atoms with Crippen LogP contribution in [0.25, 0.3) is 0 Å². The van der Waals surface area contributed by atoms with Crippen LogP contribution in [0.3, 0.4) is 0 Å². The molecule has 0 aromatic rings. The Hall–Kier alpha value is -1.10. The number of unbranched alkanes of at least 4 members (excludes halogenated alkanes) is 2. The van der Waals surface area contributed by atoms with E-state index in [1.165, 1.54) is 6.42 Å². The first-order valence-electron chi connectivity index (χ1n) is 6.73. The Kier molecular flexibility index (Phi) is 6.12. The van der Waals surface area contributed by atoms with Crippen LogP contribution in [0.5, 0.6) is 0 Å². The largest absolute Gasteiger partial charge is 0.479 e. The minimum Gasteiger partial charge on any atom is -0.479 e. The highest BCUT2D eigenvalue weighted by atomic mass is 16.5. The van der Waals surface area contributed by atoms with Crippen LogP contribution in [0, 0.1) is 0 Å². The first-order chi connectivity index (χ1) is 8.54. The van der Waals surface area contributed by atoms with Crippen LogP contribution in [0.15, 0.2) is 0 Å². The molecule has 3 atom stereocenters. The monoisotopic (exact) mass is 257 g/mol. The molecule has 18 heavy (non-hydrogen) atoms. The lowest BCUT2D eigenvalue weighted by Gasteiger charge is -2.17. The molecule has 0 radical (unpaired) electrons. The maximum atomic E-state index is 11.8. The van der Waals surface area contributed by atoms with Crippen molar-refractivity contribution in [3.8, 4) is 0 Å². The predicted molar refractivity (Wildman–Crippen MR) is 67.3 cm³/mol. The standard InChI is InChI=1S/C13H23NO4/c1-3-4-5-6-9(2)14-12(15)10-7-8-11(18-10)13(16)17/h9-11H,3-8H2,1-2H3,(H,14,15)(H,16,17)/t9?,10-,11+/m0/s1. The molecule has 0 saturated carbocycles. The maximum Gasteiger partial charge on any atom is 0.332 e. The van der Waals surface area contributed by atoms with Gasteiger partial charge in [-0.2, -0.15) is 0 Å². The van der Waals surface area contributed by atoms with Crippen molar-refractivity contribution >= 4 is 11.9 Å². The van der Waals surface area contributed by atoms with E-state index in [1.54, 1.807) is 0 Å². The van der Waals surface area contributed by atoms with Crippen molar-refractivity contribution in [2.24, 2.45) is 0 Å². The molecule has 5 nitrogen and oxygen atoms in total. The van der Waals surface area contributed by atoms with Crippen LogP contribution in [-0.2, 0) is 14.3 Å². The molecule has 1 heterocycles. The van der Waals surface area contributed by atoms with E-state index in [-0.39, 0.29) is 11.9 Å². The summed E-state index contributed by atoms with van der Waals surface area (Å²) in [5, 5.41) is 11.7. The Balaban J connectivity index is 2.26. The number of hydrogen-bond acceptors (Lipinski definition) is 3. The van der Waals surface area contributed by atoms with Gasteiger partial charge in [0.2, 0.25) is 5.91 Å². The molecule has 0 aromatic carbocycles. The van der Waals surface area contributed by atoms with E-state index in [0.717, 1.165) is 19.3 Å². The number of carboxylic acids is 1. The fourth-order valence-electron chi connectivity index (χ4n) is 2.12. The molecular weight excluding hydrogens is 234 g/mol. The normalized spacial score (nSPS) is 24.8. The minimum absolute atomic E-state index is 0.122. The van der Waals surface area contributed by atoms with Gasteiger partial charge in [0, 0.05) is 6.04 Å². The van der Waals surface area contributed by atoms with Gasteiger partial charge in [-0.3, -0.25) is 4.79 Å². The van der Waals surface area contributed by atoms with Gasteiger partial charge < -0.3 is 15.2 Å². The van der Waals surface area contributed by atoms with Gasteiger partial charge in [0.1, 0.15) is 6.10 Å². The fraction of sp³-hybridized carbons (Fsp3) is 0.846. The Morgan fingerprint density at radius 2 is 2.00 bits per heavy atom. The van der Waals surface area contributed by atoms with E-state index in [1.807, 2.05) is 6.92 Å². The summed E-state index contributed by atoms with van der Waals surface area (Å²) in [6.07, 6.45) is 3.86. The van der Waals surface area contributed by atoms with Crippen molar-refractivity contribution in [2.75, 3.05) is 0 Å². The third kappa shape index (κ3) is 4.64. The molecule has 1 unspecified atom stereocenters. The van der Waals surface area contributed by atoms with Crippen LogP contribution < -0.4 is 5.32 Å². The van der Waals surface area contributed by atoms with Crippen molar-refractivity contribution in [3.63, 3.8) is 0 Å². The Morgan fingerprint density at radius 3 is 2.56 bits per heavy atom. The molecule has 5 heteroatoms. The summed E-state index contributed by atoms with van der Waals surface area (Å²) >= 11 is 0. The fourth-order valence-corrected chi connectivity index (χ4v) is 2.12. The first-order valence-corrected chi connectivity index (χ1v) is 6.73. The highest BCUT2D eigenvalue weighted by molar-refractivity contribution is 5.82. The summed E-state index contributed by atoms with van der Waals surface area (Å²) in [4.78, 5) is 22.5. The lowest BCUT2D eigenvalue weighted by molar-refractivity contribution is -0.151. The number of carbonyl (C=O) groups excluding carboxylic acids is 1. The van der Waals surface area contributed by atoms with E-state index >= 15 is 0 Å². The third-order valence-corrected chi connectivity index (χ3v) is 3.22. The van der Waals surface area contributed by atoms with Crippen LogP contribution in [0.4, 0.5) is 0 Å². The van der Waals surface area contributed by atoms with Crippen molar-refractivity contribution in [2.45, 2.75) is 70.6 Å². The smallest absolute Gasteiger partial charge is 0.332 e. The second kappa shape index (κ2) is 7.36. The zero-order chi connectivity index (χ0) is 13.5. The van der Waals surface area contributed by atoms with Crippen molar-refractivity contribution in [1.29, 1.82) is 0 Å². The predicted octanol–water partition coefficient (Wildman–Crippen LogP) is 1.70. The van der Waals surface area contributed by atoms with Gasteiger partial charge >= 0.3 is 5.97 Å². The van der Waals surface area contributed by atoms with Gasteiger partial charge in [0.05, 0.1) is 0 Å². The molecule has 0 bridgehead atoms. The molecule has 2 N–H and O–H groups in total. The van der Waals surface area contributed by atoms with Gasteiger partial charge in [-0.15, -0.1) is 0 Å². The average Bonchev–Trinajstić information content (AvgIpc) is 2.78. The molecule has 1 saturated heterocycles. The number of aliphatic carboxylic acids is 1. The number of carbonyl (C=O) groups is 2. The van der Waals surface area contributed by atoms with E-state index in [9.17, 15) is 9.59 Å². The molecule has 1 aliphatic rings. The molecule has 1 rings (SSSR count). The highest BCUT2D eigenvalue weighted by Crippen LogP contribution is 2.20. The van der Waals surface area contributed by atoms with Gasteiger partial charge in [-0.1, -0.05) is 26.2 Å². The van der Waals surface area contributed by atoms with Crippen LogP contribution in [0.1, 0.15) is 52.4 Å². The lowest BCUT2D eigenvalue weighted by Crippen LogP contribution is -2.40. The lowest BCUT2D eigenvalue weighted by atomic mass is 10.1. The van der Waals surface area contributed by atoms with Gasteiger partial charge in [-0.25, -0.2) is 4.79 Å². The Bertz CT molecular complexity index is 293. The van der Waals surface area contributed by atoms with E-state index < -0.39 is 18.2 Å². The average molecular weight is 257 g/mol. The zero-order valence-electron chi connectivity index (χ0n) is 11.1. The SMILES string of the molecule is CCCCCC(C)NC(=O)[C@@H]1CC[C@H](C(=O)O)O1. The van der Waals surface area contributed by atoms with Gasteiger partial charge in [-0.05, 0) is 26.2 Å². The second-order valence-corrected chi connectivity index (χ2v) is 4.93. The topological polar surface area (TPSA) is 75.6 Å². The number of nitrogens with one attached hydrogen (secondary N) is 1. The second-order valence-electron chi connectivity index (χ2n) is 4.93. The molecule has 0 aromatic heterocycles. The summed E-state index contributed by atoms with van der Waals surface area (Å²) in [5.41, 5.74) is 0. The first kappa shape index (κ1) is 15.0. The number of carboxylic acid groups (broad SMARTS) is 1.